The van der Waals surface area contributed by atoms with Crippen molar-refractivity contribution in [3.05, 3.63) is 90.2 Å². The van der Waals surface area contributed by atoms with Gasteiger partial charge in [0.15, 0.2) is 0 Å². The van der Waals surface area contributed by atoms with Crippen LogP contribution in [-0.4, -0.2) is 19.0 Å². The predicted molar refractivity (Wildman–Crippen MR) is 113 cm³/mol. The van der Waals surface area contributed by atoms with Gasteiger partial charge in [0.1, 0.15) is 5.82 Å². The largest absolute Gasteiger partial charge is 0.370 e. The first-order valence-electron chi connectivity index (χ1n) is 9.07. The summed E-state index contributed by atoms with van der Waals surface area (Å²) < 4.78 is 13.7. The van der Waals surface area contributed by atoms with Crippen molar-refractivity contribution >= 4 is 24.0 Å². The average Bonchev–Trinajstić information content (AvgIpc) is 3.15. The Hall–Kier alpha value is -2.85. The highest BCUT2D eigenvalue weighted by Crippen LogP contribution is 2.36. The summed E-state index contributed by atoms with van der Waals surface area (Å²) in [6, 6.07) is 24.9. The first-order chi connectivity index (χ1) is 13.1. The number of amides is 1. The van der Waals surface area contributed by atoms with Crippen LogP contribution in [0.4, 0.5) is 10.1 Å². The standard InChI is InChI=1S/C23H21FN2O.ClH/c24-19-10-4-9-18(12-19)21-14-26(15-22(21)23(25)27)20-11-5-8-17(13-20)16-6-2-1-3-7-16;/h1-13,21-22H,14-15H2,(H2,25,27);1H. The zero-order chi connectivity index (χ0) is 18.8. The minimum absolute atomic E-state index is 0. The number of primary amides is 1. The fourth-order valence-corrected chi connectivity index (χ4v) is 3.89. The van der Waals surface area contributed by atoms with E-state index in [9.17, 15) is 9.18 Å². The molecule has 0 saturated carbocycles. The van der Waals surface area contributed by atoms with E-state index in [2.05, 4.69) is 29.2 Å². The Labute approximate surface area is 170 Å². The maximum absolute atomic E-state index is 13.7. The Morgan fingerprint density at radius 2 is 1.61 bits per heavy atom. The van der Waals surface area contributed by atoms with Gasteiger partial charge < -0.3 is 10.6 Å². The van der Waals surface area contributed by atoms with Crippen LogP contribution in [-0.2, 0) is 4.79 Å². The summed E-state index contributed by atoms with van der Waals surface area (Å²) in [6.45, 7) is 1.17. The molecule has 4 rings (SSSR count). The molecule has 0 radical (unpaired) electrons. The number of anilines is 1. The van der Waals surface area contributed by atoms with Crippen molar-refractivity contribution in [1.82, 2.24) is 0 Å². The van der Waals surface area contributed by atoms with Crippen LogP contribution >= 0.6 is 12.4 Å². The van der Waals surface area contributed by atoms with E-state index < -0.39 is 0 Å². The van der Waals surface area contributed by atoms with Crippen molar-refractivity contribution in [1.29, 1.82) is 0 Å². The minimum Gasteiger partial charge on any atom is -0.370 e. The summed E-state index contributed by atoms with van der Waals surface area (Å²) in [5, 5.41) is 0. The molecule has 2 atom stereocenters. The van der Waals surface area contributed by atoms with E-state index in [1.54, 1.807) is 6.07 Å². The summed E-state index contributed by atoms with van der Waals surface area (Å²) in [7, 11) is 0. The third-order valence-electron chi connectivity index (χ3n) is 5.28. The lowest BCUT2D eigenvalue weighted by Crippen LogP contribution is -2.29. The summed E-state index contributed by atoms with van der Waals surface area (Å²) in [4.78, 5) is 14.2. The van der Waals surface area contributed by atoms with E-state index in [0.717, 1.165) is 22.4 Å². The van der Waals surface area contributed by atoms with Crippen LogP contribution in [0.1, 0.15) is 11.5 Å². The Morgan fingerprint density at radius 3 is 2.32 bits per heavy atom. The summed E-state index contributed by atoms with van der Waals surface area (Å²) in [6.07, 6.45) is 0. The van der Waals surface area contributed by atoms with Crippen molar-refractivity contribution in [2.45, 2.75) is 5.92 Å². The number of carbonyl (C=O) groups is 1. The molecular formula is C23H22ClFN2O. The van der Waals surface area contributed by atoms with Crippen LogP contribution in [0.25, 0.3) is 11.1 Å². The van der Waals surface area contributed by atoms with Gasteiger partial charge in [0, 0.05) is 24.7 Å². The number of benzene rings is 3. The fraction of sp³-hybridized carbons (Fsp3) is 0.174. The average molecular weight is 397 g/mol. The number of halogens is 2. The summed E-state index contributed by atoms with van der Waals surface area (Å²) in [5.41, 5.74) is 9.80. The maximum atomic E-state index is 13.7. The number of carbonyl (C=O) groups excluding carboxylic acids is 1. The van der Waals surface area contributed by atoms with E-state index >= 15 is 0 Å². The number of nitrogens with two attached hydrogens (primary N) is 1. The topological polar surface area (TPSA) is 46.3 Å². The van der Waals surface area contributed by atoms with Crippen molar-refractivity contribution in [3.8, 4) is 11.1 Å². The Morgan fingerprint density at radius 1 is 0.893 bits per heavy atom. The SMILES string of the molecule is Cl.NC(=O)C1CN(c2cccc(-c3ccccc3)c2)CC1c1cccc(F)c1. The first kappa shape index (κ1) is 19.9. The van der Waals surface area contributed by atoms with Crippen LogP contribution in [0.15, 0.2) is 78.9 Å². The van der Waals surface area contributed by atoms with E-state index in [1.807, 2.05) is 36.4 Å². The monoisotopic (exact) mass is 396 g/mol. The molecular weight excluding hydrogens is 375 g/mol. The molecule has 144 valence electrons. The third kappa shape index (κ3) is 4.02. The van der Waals surface area contributed by atoms with Gasteiger partial charge >= 0.3 is 0 Å². The van der Waals surface area contributed by atoms with Gasteiger partial charge in [0.05, 0.1) is 5.92 Å². The smallest absolute Gasteiger partial charge is 0.223 e. The maximum Gasteiger partial charge on any atom is 0.223 e. The molecule has 2 unspecified atom stereocenters. The lowest BCUT2D eigenvalue weighted by atomic mass is 9.88. The Bertz CT molecular complexity index is 964. The van der Waals surface area contributed by atoms with Gasteiger partial charge in [-0.1, -0.05) is 54.6 Å². The molecule has 3 aromatic rings. The number of nitrogens with zero attached hydrogens (tertiary/aromatic N) is 1. The fourth-order valence-electron chi connectivity index (χ4n) is 3.89. The molecule has 0 bridgehead atoms. The molecule has 28 heavy (non-hydrogen) atoms. The molecule has 0 aromatic heterocycles. The predicted octanol–water partition coefficient (Wildman–Crippen LogP) is 4.62. The quantitative estimate of drug-likeness (QED) is 0.699. The molecule has 1 aliphatic heterocycles. The van der Waals surface area contributed by atoms with E-state index in [0.29, 0.717) is 13.1 Å². The van der Waals surface area contributed by atoms with Crippen molar-refractivity contribution in [2.75, 3.05) is 18.0 Å². The number of rotatable bonds is 4. The van der Waals surface area contributed by atoms with Gasteiger partial charge in [-0.15, -0.1) is 12.4 Å². The zero-order valence-electron chi connectivity index (χ0n) is 15.3. The minimum atomic E-state index is -0.342. The first-order valence-corrected chi connectivity index (χ1v) is 9.07. The lowest BCUT2D eigenvalue weighted by molar-refractivity contribution is -0.121. The van der Waals surface area contributed by atoms with Crippen molar-refractivity contribution in [3.63, 3.8) is 0 Å². The molecule has 1 saturated heterocycles. The van der Waals surface area contributed by atoms with E-state index in [-0.39, 0.29) is 36.0 Å². The molecule has 1 fully saturated rings. The van der Waals surface area contributed by atoms with Gasteiger partial charge in [-0.2, -0.15) is 0 Å². The molecule has 2 N–H and O–H groups in total. The second-order valence-electron chi connectivity index (χ2n) is 6.99. The van der Waals surface area contributed by atoms with Crippen LogP contribution in [0, 0.1) is 11.7 Å². The van der Waals surface area contributed by atoms with Crippen LogP contribution in [0.2, 0.25) is 0 Å². The van der Waals surface area contributed by atoms with Gasteiger partial charge in [-0.05, 0) is 41.0 Å². The molecule has 3 aromatic carbocycles. The molecule has 1 aliphatic rings. The highest BCUT2D eigenvalue weighted by Gasteiger charge is 2.37. The van der Waals surface area contributed by atoms with Crippen LogP contribution in [0.5, 0.6) is 0 Å². The second kappa shape index (κ2) is 8.44. The van der Waals surface area contributed by atoms with Gasteiger partial charge in [-0.25, -0.2) is 4.39 Å². The summed E-state index contributed by atoms with van der Waals surface area (Å²) >= 11 is 0. The Kier molecular flexibility index (Phi) is 6.00. The van der Waals surface area contributed by atoms with Gasteiger partial charge in [-0.3, -0.25) is 4.79 Å². The van der Waals surface area contributed by atoms with E-state index in [1.165, 1.54) is 12.1 Å². The Balaban J connectivity index is 0.00000225. The second-order valence-corrected chi connectivity index (χ2v) is 6.99. The van der Waals surface area contributed by atoms with Gasteiger partial charge in [0.25, 0.3) is 0 Å². The van der Waals surface area contributed by atoms with Crippen molar-refractivity contribution < 1.29 is 9.18 Å². The molecule has 0 aliphatic carbocycles. The van der Waals surface area contributed by atoms with Gasteiger partial charge in [0.2, 0.25) is 5.91 Å². The highest BCUT2D eigenvalue weighted by molar-refractivity contribution is 5.85. The lowest BCUT2D eigenvalue weighted by Gasteiger charge is -2.19. The third-order valence-corrected chi connectivity index (χ3v) is 5.28. The number of hydrogen-bond acceptors (Lipinski definition) is 2. The zero-order valence-corrected chi connectivity index (χ0v) is 16.1. The van der Waals surface area contributed by atoms with Crippen molar-refractivity contribution in [2.24, 2.45) is 11.7 Å². The number of hydrogen-bond donors (Lipinski definition) is 1. The van der Waals surface area contributed by atoms with Crippen LogP contribution in [0.3, 0.4) is 0 Å². The normalized spacial score (nSPS) is 18.5. The molecule has 3 nitrogen and oxygen atoms in total. The molecule has 5 heteroatoms. The molecule has 0 spiro atoms. The molecule has 1 heterocycles. The highest BCUT2D eigenvalue weighted by atomic mass is 35.5. The van der Waals surface area contributed by atoms with E-state index in [4.69, 9.17) is 5.73 Å². The van der Waals surface area contributed by atoms with Crippen LogP contribution < -0.4 is 10.6 Å². The molecule has 1 amide bonds. The summed E-state index contributed by atoms with van der Waals surface area (Å²) in [5.74, 6) is -1.09.